The molecule has 1 fully saturated rings. The Morgan fingerprint density at radius 2 is 2.20 bits per heavy atom. The van der Waals surface area contributed by atoms with Crippen LogP contribution in [0.15, 0.2) is 0 Å². The fourth-order valence-corrected chi connectivity index (χ4v) is 1.84. The van der Waals surface area contributed by atoms with E-state index in [0.717, 1.165) is 12.8 Å². The molecule has 0 bridgehead atoms. The third kappa shape index (κ3) is 2.22. The molecule has 1 rings (SSSR count). The number of hydrogen-bond donors (Lipinski definition) is 2. The second-order valence-electron chi connectivity index (χ2n) is 4.07. The molecule has 1 unspecified atom stereocenters. The van der Waals surface area contributed by atoms with Crippen LogP contribution in [-0.2, 0) is 4.79 Å². The van der Waals surface area contributed by atoms with Crippen LogP contribution in [0.1, 0.15) is 33.1 Å². The first kappa shape index (κ1) is 11.8. The molecule has 0 aliphatic carbocycles. The van der Waals surface area contributed by atoms with Gasteiger partial charge >= 0.3 is 12.0 Å². The van der Waals surface area contributed by atoms with Crippen molar-refractivity contribution in [3.63, 3.8) is 0 Å². The van der Waals surface area contributed by atoms with Crippen LogP contribution in [0.5, 0.6) is 0 Å². The molecule has 1 saturated heterocycles. The monoisotopic (exact) mass is 214 g/mol. The summed E-state index contributed by atoms with van der Waals surface area (Å²) >= 11 is 0. The van der Waals surface area contributed by atoms with Crippen LogP contribution in [0, 0.1) is 0 Å². The Kier molecular flexibility index (Phi) is 3.55. The van der Waals surface area contributed by atoms with E-state index in [-0.39, 0.29) is 6.03 Å². The SMILES string of the molecule is CCCNC(=O)N1CCCC1(C)C(=O)O. The van der Waals surface area contributed by atoms with Gasteiger partial charge < -0.3 is 15.3 Å². The van der Waals surface area contributed by atoms with Gasteiger partial charge in [-0.15, -0.1) is 0 Å². The average molecular weight is 214 g/mol. The number of amides is 2. The van der Waals surface area contributed by atoms with Crippen molar-refractivity contribution in [3.8, 4) is 0 Å². The van der Waals surface area contributed by atoms with Crippen LogP contribution < -0.4 is 5.32 Å². The molecule has 2 N–H and O–H groups in total. The van der Waals surface area contributed by atoms with E-state index in [2.05, 4.69) is 5.32 Å². The Labute approximate surface area is 89.4 Å². The van der Waals surface area contributed by atoms with Crippen LogP contribution in [0.3, 0.4) is 0 Å². The molecule has 0 aromatic carbocycles. The van der Waals surface area contributed by atoms with E-state index in [1.54, 1.807) is 6.92 Å². The first-order valence-corrected chi connectivity index (χ1v) is 5.31. The highest BCUT2D eigenvalue weighted by atomic mass is 16.4. The second kappa shape index (κ2) is 4.51. The summed E-state index contributed by atoms with van der Waals surface area (Å²) in [6.07, 6.45) is 2.13. The normalized spacial score (nSPS) is 25.3. The number of nitrogens with one attached hydrogen (secondary N) is 1. The molecule has 0 aromatic rings. The molecule has 15 heavy (non-hydrogen) atoms. The molecular formula is C10H18N2O3. The number of carboxylic acids is 1. The van der Waals surface area contributed by atoms with E-state index in [4.69, 9.17) is 5.11 Å². The van der Waals surface area contributed by atoms with Crippen LogP contribution >= 0.6 is 0 Å². The third-order valence-corrected chi connectivity index (χ3v) is 2.87. The first-order valence-electron chi connectivity index (χ1n) is 5.31. The highest BCUT2D eigenvalue weighted by Gasteiger charge is 2.45. The number of carbonyl (C=O) groups is 2. The molecule has 1 aliphatic heterocycles. The second-order valence-corrected chi connectivity index (χ2v) is 4.07. The fourth-order valence-electron chi connectivity index (χ4n) is 1.84. The molecule has 1 aliphatic rings. The Morgan fingerprint density at radius 1 is 1.53 bits per heavy atom. The third-order valence-electron chi connectivity index (χ3n) is 2.87. The lowest BCUT2D eigenvalue weighted by Gasteiger charge is -2.31. The van der Waals surface area contributed by atoms with Crippen molar-refractivity contribution in [1.82, 2.24) is 10.2 Å². The summed E-state index contributed by atoms with van der Waals surface area (Å²) in [7, 11) is 0. The van der Waals surface area contributed by atoms with Crippen molar-refractivity contribution in [2.75, 3.05) is 13.1 Å². The number of likely N-dealkylation sites (tertiary alicyclic amines) is 1. The quantitative estimate of drug-likeness (QED) is 0.737. The summed E-state index contributed by atoms with van der Waals surface area (Å²) in [5.74, 6) is -0.924. The molecular weight excluding hydrogens is 196 g/mol. The van der Waals surface area contributed by atoms with Gasteiger partial charge in [-0.25, -0.2) is 9.59 Å². The predicted molar refractivity (Wildman–Crippen MR) is 55.7 cm³/mol. The molecule has 0 saturated carbocycles. The number of nitrogens with zero attached hydrogens (tertiary/aromatic N) is 1. The van der Waals surface area contributed by atoms with Gasteiger partial charge in [-0.2, -0.15) is 0 Å². The van der Waals surface area contributed by atoms with E-state index in [0.29, 0.717) is 19.5 Å². The van der Waals surface area contributed by atoms with Gasteiger partial charge in [0.1, 0.15) is 5.54 Å². The van der Waals surface area contributed by atoms with Crippen molar-refractivity contribution in [2.45, 2.75) is 38.6 Å². The molecule has 0 spiro atoms. The zero-order valence-corrected chi connectivity index (χ0v) is 9.25. The Balaban J connectivity index is 2.68. The predicted octanol–water partition coefficient (Wildman–Crippen LogP) is 1.05. The van der Waals surface area contributed by atoms with E-state index in [1.165, 1.54) is 4.90 Å². The molecule has 0 radical (unpaired) electrons. The lowest BCUT2D eigenvalue weighted by atomic mass is 10.00. The Bertz CT molecular complexity index is 267. The van der Waals surface area contributed by atoms with Crippen molar-refractivity contribution in [3.05, 3.63) is 0 Å². The molecule has 5 heteroatoms. The maximum Gasteiger partial charge on any atom is 0.329 e. The minimum Gasteiger partial charge on any atom is -0.480 e. The van der Waals surface area contributed by atoms with Crippen LogP contribution in [0.25, 0.3) is 0 Å². The van der Waals surface area contributed by atoms with Gasteiger partial charge in [-0.1, -0.05) is 6.92 Å². The lowest BCUT2D eigenvalue weighted by molar-refractivity contribution is -0.147. The molecule has 1 heterocycles. The summed E-state index contributed by atoms with van der Waals surface area (Å²) < 4.78 is 0. The maximum atomic E-state index is 11.7. The smallest absolute Gasteiger partial charge is 0.329 e. The largest absolute Gasteiger partial charge is 0.480 e. The molecule has 86 valence electrons. The van der Waals surface area contributed by atoms with Crippen LogP contribution in [0.2, 0.25) is 0 Å². The number of aliphatic carboxylic acids is 1. The number of urea groups is 1. The van der Waals surface area contributed by atoms with Gasteiger partial charge in [-0.3, -0.25) is 0 Å². The zero-order chi connectivity index (χ0) is 11.5. The molecule has 0 aromatic heterocycles. The van der Waals surface area contributed by atoms with Gasteiger partial charge in [-0.05, 0) is 26.2 Å². The Morgan fingerprint density at radius 3 is 2.73 bits per heavy atom. The van der Waals surface area contributed by atoms with E-state index < -0.39 is 11.5 Å². The van der Waals surface area contributed by atoms with Crippen LogP contribution in [0.4, 0.5) is 4.79 Å². The number of rotatable bonds is 3. The summed E-state index contributed by atoms with van der Waals surface area (Å²) in [6.45, 7) is 4.68. The van der Waals surface area contributed by atoms with E-state index in [9.17, 15) is 9.59 Å². The van der Waals surface area contributed by atoms with Gasteiger partial charge in [0.2, 0.25) is 0 Å². The topological polar surface area (TPSA) is 69.6 Å². The number of carboxylic acid groups (broad SMARTS) is 1. The summed E-state index contributed by atoms with van der Waals surface area (Å²) in [4.78, 5) is 24.2. The van der Waals surface area contributed by atoms with Gasteiger partial charge in [0, 0.05) is 13.1 Å². The lowest BCUT2D eigenvalue weighted by Crippen LogP contribution is -2.54. The maximum absolute atomic E-state index is 11.7. The van der Waals surface area contributed by atoms with Gasteiger partial charge in [0.25, 0.3) is 0 Å². The van der Waals surface area contributed by atoms with Crippen molar-refractivity contribution in [2.24, 2.45) is 0 Å². The molecule has 2 amide bonds. The average Bonchev–Trinajstić information content (AvgIpc) is 2.58. The molecule has 5 nitrogen and oxygen atoms in total. The van der Waals surface area contributed by atoms with Gasteiger partial charge in [0.15, 0.2) is 0 Å². The highest BCUT2D eigenvalue weighted by Crippen LogP contribution is 2.28. The molecule has 1 atom stereocenters. The zero-order valence-electron chi connectivity index (χ0n) is 9.25. The van der Waals surface area contributed by atoms with Crippen molar-refractivity contribution >= 4 is 12.0 Å². The van der Waals surface area contributed by atoms with E-state index >= 15 is 0 Å². The standard InChI is InChI=1S/C10H18N2O3/c1-3-6-11-9(15)12-7-4-5-10(12,2)8(13)14/h3-7H2,1-2H3,(H,11,15)(H,13,14). The van der Waals surface area contributed by atoms with E-state index in [1.807, 2.05) is 6.92 Å². The Hall–Kier alpha value is -1.26. The number of hydrogen-bond acceptors (Lipinski definition) is 2. The first-order chi connectivity index (χ1) is 7.02. The summed E-state index contributed by atoms with van der Waals surface area (Å²) in [5.41, 5.74) is -1.03. The minimum atomic E-state index is -1.03. The summed E-state index contributed by atoms with van der Waals surface area (Å²) in [6, 6.07) is -0.265. The summed E-state index contributed by atoms with van der Waals surface area (Å²) in [5, 5.41) is 11.8. The fraction of sp³-hybridized carbons (Fsp3) is 0.800. The van der Waals surface area contributed by atoms with Gasteiger partial charge in [0.05, 0.1) is 0 Å². The van der Waals surface area contributed by atoms with Crippen molar-refractivity contribution in [1.29, 1.82) is 0 Å². The van der Waals surface area contributed by atoms with Crippen LogP contribution in [-0.4, -0.2) is 40.6 Å². The minimum absolute atomic E-state index is 0.265. The highest BCUT2D eigenvalue weighted by molar-refractivity contribution is 5.86. The van der Waals surface area contributed by atoms with Crippen molar-refractivity contribution < 1.29 is 14.7 Å². The number of carbonyl (C=O) groups excluding carboxylic acids is 1.